The van der Waals surface area contributed by atoms with Crippen molar-refractivity contribution in [1.29, 1.82) is 0 Å². The third-order valence-electron chi connectivity index (χ3n) is 1.80. The van der Waals surface area contributed by atoms with Gasteiger partial charge in [-0.05, 0) is 6.07 Å². The van der Waals surface area contributed by atoms with E-state index in [0.29, 0.717) is 6.54 Å². The molecule has 0 saturated heterocycles. The van der Waals surface area contributed by atoms with Crippen LogP contribution in [0.15, 0.2) is 18.2 Å². The number of hydrogen-bond acceptors (Lipinski definition) is 3. The largest absolute Gasteiger partial charge is 0.351 e. The Bertz CT molecular complexity index is 425. The van der Waals surface area contributed by atoms with E-state index < -0.39 is 10.8 Å². The molecular formula is C9H8ClIN2O3. The van der Waals surface area contributed by atoms with E-state index in [4.69, 9.17) is 11.6 Å². The van der Waals surface area contributed by atoms with E-state index in [9.17, 15) is 14.9 Å². The van der Waals surface area contributed by atoms with Gasteiger partial charge in [-0.1, -0.05) is 40.3 Å². The third-order valence-corrected chi connectivity index (χ3v) is 2.65. The highest BCUT2D eigenvalue weighted by Crippen LogP contribution is 2.25. The molecule has 0 heterocycles. The van der Waals surface area contributed by atoms with Gasteiger partial charge in [0.25, 0.3) is 11.6 Å². The lowest BCUT2D eigenvalue weighted by Crippen LogP contribution is -2.26. The summed E-state index contributed by atoms with van der Waals surface area (Å²) in [6, 6.07) is 4.15. The summed E-state index contributed by atoms with van der Waals surface area (Å²) in [7, 11) is 0. The molecule has 0 fully saturated rings. The number of carbonyl (C=O) groups is 1. The van der Waals surface area contributed by atoms with Crippen LogP contribution in [-0.2, 0) is 0 Å². The Balaban J connectivity index is 3.10. The van der Waals surface area contributed by atoms with Crippen molar-refractivity contribution in [2.45, 2.75) is 0 Å². The molecule has 1 aromatic carbocycles. The molecule has 7 heteroatoms. The summed E-state index contributed by atoms with van der Waals surface area (Å²) in [6.07, 6.45) is 0. The normalized spacial score (nSPS) is 9.88. The van der Waals surface area contributed by atoms with E-state index >= 15 is 0 Å². The summed E-state index contributed by atoms with van der Waals surface area (Å²) in [5.74, 6) is -0.519. The molecule has 1 rings (SSSR count). The van der Waals surface area contributed by atoms with Gasteiger partial charge in [-0.25, -0.2) is 0 Å². The maximum Gasteiger partial charge on any atom is 0.283 e. The van der Waals surface area contributed by atoms with Crippen molar-refractivity contribution in [2.75, 3.05) is 11.0 Å². The van der Waals surface area contributed by atoms with Gasteiger partial charge in [0.1, 0.15) is 5.56 Å². The standard InChI is InChI=1S/C9H8ClIN2O3/c10-6-2-1-3-7(13(15)16)8(6)9(14)12-5-4-11/h1-3H,4-5H2,(H,12,14). The first kappa shape index (κ1) is 13.2. The van der Waals surface area contributed by atoms with Crippen LogP contribution in [0.4, 0.5) is 5.69 Å². The Labute approximate surface area is 110 Å². The van der Waals surface area contributed by atoms with E-state index in [-0.39, 0.29) is 16.3 Å². The molecule has 0 atom stereocenters. The number of halogens is 2. The number of alkyl halides is 1. The summed E-state index contributed by atoms with van der Waals surface area (Å²) in [4.78, 5) is 21.7. The lowest BCUT2D eigenvalue weighted by Gasteiger charge is -2.05. The molecule has 1 aromatic rings. The molecule has 0 aliphatic carbocycles. The predicted molar refractivity (Wildman–Crippen MR) is 69.3 cm³/mol. The zero-order valence-corrected chi connectivity index (χ0v) is 11.0. The summed E-state index contributed by atoms with van der Waals surface area (Å²) in [5, 5.41) is 13.4. The van der Waals surface area contributed by atoms with Crippen molar-refractivity contribution in [1.82, 2.24) is 5.32 Å². The van der Waals surface area contributed by atoms with Gasteiger partial charge in [0, 0.05) is 17.0 Å². The molecule has 0 aliphatic heterocycles. The van der Waals surface area contributed by atoms with Gasteiger partial charge < -0.3 is 5.32 Å². The molecule has 0 spiro atoms. The molecule has 16 heavy (non-hydrogen) atoms. The van der Waals surface area contributed by atoms with Crippen LogP contribution in [0, 0.1) is 10.1 Å². The number of nitro groups is 1. The van der Waals surface area contributed by atoms with E-state index in [1.54, 1.807) is 0 Å². The van der Waals surface area contributed by atoms with Gasteiger partial charge in [0.15, 0.2) is 0 Å². The van der Waals surface area contributed by atoms with Crippen molar-refractivity contribution in [3.8, 4) is 0 Å². The van der Waals surface area contributed by atoms with Crippen molar-refractivity contribution >= 4 is 45.8 Å². The highest BCUT2D eigenvalue weighted by molar-refractivity contribution is 14.1. The first-order valence-electron chi connectivity index (χ1n) is 4.35. The van der Waals surface area contributed by atoms with Crippen molar-refractivity contribution in [3.63, 3.8) is 0 Å². The molecule has 0 saturated carbocycles. The van der Waals surface area contributed by atoms with Crippen LogP contribution in [0.2, 0.25) is 5.02 Å². The molecule has 0 unspecified atom stereocenters. The smallest absolute Gasteiger partial charge is 0.283 e. The summed E-state index contributed by atoms with van der Waals surface area (Å²) >= 11 is 7.87. The fourth-order valence-corrected chi connectivity index (χ4v) is 1.66. The minimum atomic E-state index is -0.620. The van der Waals surface area contributed by atoms with E-state index in [1.165, 1.54) is 18.2 Å². The van der Waals surface area contributed by atoms with Gasteiger partial charge in [-0.15, -0.1) is 0 Å². The average Bonchev–Trinajstić information content (AvgIpc) is 2.25. The lowest BCUT2D eigenvalue weighted by molar-refractivity contribution is -0.385. The minimum Gasteiger partial charge on any atom is -0.351 e. The monoisotopic (exact) mass is 354 g/mol. The minimum absolute atomic E-state index is 0.0835. The lowest BCUT2D eigenvalue weighted by atomic mass is 10.1. The second-order valence-electron chi connectivity index (χ2n) is 2.84. The first-order valence-corrected chi connectivity index (χ1v) is 6.25. The number of nitro benzene ring substituents is 1. The first-order chi connectivity index (χ1) is 7.57. The van der Waals surface area contributed by atoms with Crippen molar-refractivity contribution < 1.29 is 9.72 Å². The van der Waals surface area contributed by atoms with Crippen LogP contribution in [0.1, 0.15) is 10.4 Å². The van der Waals surface area contributed by atoms with Crippen LogP contribution in [0.25, 0.3) is 0 Å². The van der Waals surface area contributed by atoms with E-state index in [2.05, 4.69) is 27.9 Å². The fraction of sp³-hybridized carbons (Fsp3) is 0.222. The number of rotatable bonds is 4. The van der Waals surface area contributed by atoms with Gasteiger partial charge in [0.05, 0.1) is 9.95 Å². The van der Waals surface area contributed by atoms with Gasteiger partial charge in [-0.3, -0.25) is 14.9 Å². The second-order valence-corrected chi connectivity index (χ2v) is 4.32. The molecule has 1 amide bonds. The number of benzene rings is 1. The summed E-state index contributed by atoms with van der Waals surface area (Å²) < 4.78 is 0.724. The number of nitrogens with zero attached hydrogens (tertiary/aromatic N) is 1. The molecule has 0 radical (unpaired) electrons. The van der Waals surface area contributed by atoms with E-state index in [1.807, 2.05) is 0 Å². The topological polar surface area (TPSA) is 72.2 Å². The van der Waals surface area contributed by atoms with E-state index in [0.717, 1.165) is 4.43 Å². The van der Waals surface area contributed by atoms with Crippen LogP contribution in [0.3, 0.4) is 0 Å². The second kappa shape index (κ2) is 6.00. The molecule has 86 valence electrons. The zero-order chi connectivity index (χ0) is 12.1. The average molecular weight is 355 g/mol. The quantitative estimate of drug-likeness (QED) is 0.391. The fourth-order valence-electron chi connectivity index (χ4n) is 1.14. The number of nitrogens with one attached hydrogen (secondary N) is 1. The zero-order valence-electron chi connectivity index (χ0n) is 8.07. The van der Waals surface area contributed by atoms with Crippen LogP contribution < -0.4 is 5.32 Å². The van der Waals surface area contributed by atoms with Crippen LogP contribution in [0.5, 0.6) is 0 Å². The maximum atomic E-state index is 11.6. The third kappa shape index (κ3) is 3.05. The molecular weight excluding hydrogens is 346 g/mol. The SMILES string of the molecule is O=C(NCCI)c1c(Cl)cccc1[N+](=O)[O-]. The molecule has 0 bridgehead atoms. The van der Waals surface area contributed by atoms with Crippen molar-refractivity contribution in [2.24, 2.45) is 0 Å². The number of amides is 1. The van der Waals surface area contributed by atoms with Gasteiger partial charge >= 0.3 is 0 Å². The molecule has 0 aliphatic rings. The molecule has 5 nitrogen and oxygen atoms in total. The Hall–Kier alpha value is -0.890. The van der Waals surface area contributed by atoms with Crippen LogP contribution >= 0.6 is 34.2 Å². The van der Waals surface area contributed by atoms with Gasteiger partial charge in [-0.2, -0.15) is 0 Å². The van der Waals surface area contributed by atoms with Crippen LogP contribution in [-0.4, -0.2) is 21.8 Å². The van der Waals surface area contributed by atoms with Gasteiger partial charge in [0.2, 0.25) is 0 Å². The molecule has 0 aromatic heterocycles. The Morgan fingerprint density at radius 1 is 1.56 bits per heavy atom. The molecule has 1 N–H and O–H groups in total. The highest BCUT2D eigenvalue weighted by atomic mass is 127. The van der Waals surface area contributed by atoms with Crippen molar-refractivity contribution in [3.05, 3.63) is 38.9 Å². The summed E-state index contributed by atoms with van der Waals surface area (Å²) in [5.41, 5.74) is -0.363. The Kier molecular flexibility index (Phi) is 4.94. The maximum absolute atomic E-state index is 11.6. The summed E-state index contributed by atoms with van der Waals surface area (Å²) in [6.45, 7) is 0.446. The Morgan fingerprint density at radius 3 is 2.81 bits per heavy atom. The Morgan fingerprint density at radius 2 is 2.25 bits per heavy atom. The highest BCUT2D eigenvalue weighted by Gasteiger charge is 2.22. The predicted octanol–water partition coefficient (Wildman–Crippen LogP) is 2.41. The number of carbonyl (C=O) groups excluding carboxylic acids is 1. The number of hydrogen-bond donors (Lipinski definition) is 1.